The second kappa shape index (κ2) is 12.6. The van der Waals surface area contributed by atoms with Gasteiger partial charge in [-0.1, -0.05) is 32.1 Å². The molecule has 0 aliphatic heterocycles. The predicted octanol–water partition coefficient (Wildman–Crippen LogP) is 6.46. The molecule has 1 aliphatic carbocycles. The lowest BCUT2D eigenvalue weighted by Crippen LogP contribution is -2.11. The number of aldehydes is 1. The number of hydrogen-bond acceptors (Lipinski definition) is 5. The van der Waals surface area contributed by atoms with Gasteiger partial charge in [-0.25, -0.2) is 4.98 Å². The van der Waals surface area contributed by atoms with Gasteiger partial charge in [0.05, 0.1) is 11.0 Å². The molecule has 1 aliphatic rings. The molecule has 7 nitrogen and oxygen atoms in total. The molecule has 4 aromatic rings. The fourth-order valence-electron chi connectivity index (χ4n) is 4.35. The van der Waals surface area contributed by atoms with E-state index >= 15 is 0 Å². The van der Waals surface area contributed by atoms with E-state index in [0.717, 1.165) is 47.2 Å². The highest BCUT2D eigenvalue weighted by Crippen LogP contribution is 2.24. The first kappa shape index (κ1) is 25.1. The number of H-pyrrole nitrogens is 1. The molecule has 7 heteroatoms. The van der Waals surface area contributed by atoms with Gasteiger partial charge in [0, 0.05) is 47.9 Å². The number of rotatable bonds is 5. The minimum Gasteiger partial charge on any atom is -0.388 e. The summed E-state index contributed by atoms with van der Waals surface area (Å²) in [6.45, 7) is 0. The van der Waals surface area contributed by atoms with Crippen LogP contribution in [0.25, 0.3) is 22.4 Å². The van der Waals surface area contributed by atoms with Crippen LogP contribution in [-0.4, -0.2) is 34.2 Å². The molecule has 36 heavy (non-hydrogen) atoms. The number of nitrogens with zero attached hydrogens (tertiary/aromatic N) is 2. The van der Waals surface area contributed by atoms with Crippen molar-refractivity contribution in [2.24, 2.45) is 5.92 Å². The summed E-state index contributed by atoms with van der Waals surface area (Å²) in [5, 5.41) is 5.99. The standard InChI is InChI=1S/C20H17N5O.C9H16O/c1-21-15-4-2-13(3-5-15)19-24-17-7-6-16(12-18(17)25-19)23-20(26)14-8-10-22-11-9-14;10-8-9-6-4-2-1-3-5-7-9/h2-12,21H,1H3,(H,23,26)(H,24,25);8-9H,1-7H2. The molecule has 0 spiro atoms. The maximum Gasteiger partial charge on any atom is 0.255 e. The minimum absolute atomic E-state index is 0.172. The van der Waals surface area contributed by atoms with Crippen LogP contribution in [-0.2, 0) is 4.79 Å². The van der Waals surface area contributed by atoms with Crippen molar-refractivity contribution in [2.45, 2.75) is 44.9 Å². The van der Waals surface area contributed by atoms with Crippen LogP contribution >= 0.6 is 0 Å². The highest BCUT2D eigenvalue weighted by atomic mass is 16.1. The number of benzene rings is 2. The Hall–Kier alpha value is -4.00. The van der Waals surface area contributed by atoms with Crippen molar-refractivity contribution in [2.75, 3.05) is 17.7 Å². The number of nitrogens with one attached hydrogen (secondary N) is 3. The summed E-state index contributed by atoms with van der Waals surface area (Å²) in [6.07, 6.45) is 13.2. The molecule has 0 unspecified atom stereocenters. The average Bonchev–Trinajstić information content (AvgIpc) is 3.33. The minimum atomic E-state index is -0.172. The van der Waals surface area contributed by atoms with Crippen LogP contribution < -0.4 is 10.6 Å². The van der Waals surface area contributed by atoms with Crippen LogP contribution in [0.1, 0.15) is 55.3 Å². The van der Waals surface area contributed by atoms with Gasteiger partial charge in [-0.2, -0.15) is 0 Å². The maximum absolute atomic E-state index is 12.3. The van der Waals surface area contributed by atoms with Gasteiger partial charge < -0.3 is 20.4 Å². The Morgan fingerprint density at radius 2 is 1.58 bits per heavy atom. The van der Waals surface area contributed by atoms with Gasteiger partial charge in [0.15, 0.2) is 0 Å². The summed E-state index contributed by atoms with van der Waals surface area (Å²) in [6, 6.07) is 17.0. The topological polar surface area (TPSA) is 99.8 Å². The van der Waals surface area contributed by atoms with Crippen LogP contribution in [0.15, 0.2) is 67.0 Å². The molecule has 0 radical (unpaired) electrons. The zero-order chi connectivity index (χ0) is 25.2. The smallest absolute Gasteiger partial charge is 0.255 e. The lowest BCUT2D eigenvalue weighted by atomic mass is 9.92. The van der Waals surface area contributed by atoms with Gasteiger partial charge in [-0.05, 0) is 67.4 Å². The Bertz CT molecular complexity index is 1260. The molecule has 186 valence electrons. The Kier molecular flexibility index (Phi) is 8.81. The maximum atomic E-state index is 12.3. The summed E-state index contributed by atoms with van der Waals surface area (Å²) in [5.41, 5.74) is 5.04. The van der Waals surface area contributed by atoms with E-state index in [1.807, 2.05) is 49.5 Å². The number of amides is 1. The summed E-state index contributed by atoms with van der Waals surface area (Å²) >= 11 is 0. The molecule has 3 N–H and O–H groups in total. The van der Waals surface area contributed by atoms with Crippen LogP contribution in [0, 0.1) is 5.92 Å². The van der Waals surface area contributed by atoms with E-state index in [9.17, 15) is 9.59 Å². The van der Waals surface area contributed by atoms with Crippen LogP contribution in [0.4, 0.5) is 11.4 Å². The number of carbonyl (C=O) groups is 2. The molecule has 1 saturated carbocycles. The van der Waals surface area contributed by atoms with Crippen molar-refractivity contribution in [3.63, 3.8) is 0 Å². The molecular weight excluding hydrogens is 450 g/mol. The molecule has 2 heterocycles. The van der Waals surface area contributed by atoms with E-state index in [4.69, 9.17) is 0 Å². The van der Waals surface area contributed by atoms with Gasteiger partial charge in [-0.15, -0.1) is 0 Å². The Balaban J connectivity index is 0.000000256. The highest BCUT2D eigenvalue weighted by Gasteiger charge is 2.10. The molecule has 2 aromatic heterocycles. The SMILES string of the molecule is CNc1ccc(-c2nc3ccc(NC(=O)c4ccncc4)cc3[nH]2)cc1.O=CC1CCCCCCC1. The third kappa shape index (κ3) is 6.78. The lowest BCUT2D eigenvalue weighted by molar-refractivity contribution is -0.111. The van der Waals surface area contributed by atoms with E-state index < -0.39 is 0 Å². The largest absolute Gasteiger partial charge is 0.388 e. The number of carbonyl (C=O) groups excluding carboxylic acids is 2. The van der Waals surface area contributed by atoms with Crippen molar-refractivity contribution in [1.29, 1.82) is 0 Å². The number of hydrogen-bond donors (Lipinski definition) is 3. The van der Waals surface area contributed by atoms with E-state index in [0.29, 0.717) is 17.2 Å². The predicted molar refractivity (Wildman–Crippen MR) is 145 cm³/mol. The molecule has 5 rings (SSSR count). The van der Waals surface area contributed by atoms with Crippen molar-refractivity contribution < 1.29 is 9.59 Å². The number of anilines is 2. The summed E-state index contributed by atoms with van der Waals surface area (Å²) < 4.78 is 0. The van der Waals surface area contributed by atoms with Gasteiger partial charge in [0.2, 0.25) is 0 Å². The molecule has 2 aromatic carbocycles. The number of pyridine rings is 1. The molecular formula is C29H33N5O2. The second-order valence-electron chi connectivity index (χ2n) is 9.08. The molecule has 1 fully saturated rings. The summed E-state index contributed by atoms with van der Waals surface area (Å²) in [5.74, 6) is 1.01. The number of imidazole rings is 1. The average molecular weight is 484 g/mol. The Labute approximate surface area is 211 Å². The Morgan fingerprint density at radius 1 is 0.917 bits per heavy atom. The van der Waals surface area contributed by atoms with Gasteiger partial charge in [0.1, 0.15) is 12.1 Å². The van der Waals surface area contributed by atoms with E-state index in [2.05, 4.69) is 25.6 Å². The normalized spacial score (nSPS) is 14.1. The zero-order valence-electron chi connectivity index (χ0n) is 20.7. The van der Waals surface area contributed by atoms with Crippen molar-refractivity contribution in [3.05, 3.63) is 72.6 Å². The molecule has 0 atom stereocenters. The third-order valence-electron chi connectivity index (χ3n) is 6.47. The summed E-state index contributed by atoms with van der Waals surface area (Å²) in [4.78, 5) is 34.5. The van der Waals surface area contributed by atoms with E-state index in [1.165, 1.54) is 32.1 Å². The van der Waals surface area contributed by atoms with Gasteiger partial charge in [-0.3, -0.25) is 9.78 Å². The quantitative estimate of drug-likeness (QED) is 0.283. The third-order valence-corrected chi connectivity index (χ3v) is 6.47. The number of fused-ring (bicyclic) bond motifs is 1. The van der Waals surface area contributed by atoms with Crippen molar-refractivity contribution in [1.82, 2.24) is 15.0 Å². The van der Waals surface area contributed by atoms with E-state index in [1.54, 1.807) is 24.5 Å². The van der Waals surface area contributed by atoms with Crippen LogP contribution in [0.3, 0.4) is 0 Å². The Morgan fingerprint density at radius 3 is 2.25 bits per heavy atom. The fraction of sp³-hybridized carbons (Fsp3) is 0.310. The first-order chi connectivity index (χ1) is 17.7. The van der Waals surface area contributed by atoms with Gasteiger partial charge in [0.25, 0.3) is 5.91 Å². The van der Waals surface area contributed by atoms with Crippen LogP contribution in [0.2, 0.25) is 0 Å². The second-order valence-corrected chi connectivity index (χ2v) is 9.08. The molecule has 0 saturated heterocycles. The first-order valence-electron chi connectivity index (χ1n) is 12.6. The molecule has 1 amide bonds. The van der Waals surface area contributed by atoms with Crippen LogP contribution in [0.5, 0.6) is 0 Å². The monoisotopic (exact) mass is 483 g/mol. The highest BCUT2D eigenvalue weighted by molar-refractivity contribution is 6.04. The van der Waals surface area contributed by atoms with Crippen molar-refractivity contribution >= 4 is 34.6 Å². The number of aromatic nitrogens is 3. The van der Waals surface area contributed by atoms with E-state index in [-0.39, 0.29) is 5.91 Å². The fourth-order valence-corrected chi connectivity index (χ4v) is 4.35. The van der Waals surface area contributed by atoms with Crippen molar-refractivity contribution in [3.8, 4) is 11.4 Å². The van der Waals surface area contributed by atoms with Gasteiger partial charge >= 0.3 is 0 Å². The first-order valence-corrected chi connectivity index (χ1v) is 12.6. The summed E-state index contributed by atoms with van der Waals surface area (Å²) in [7, 11) is 1.89. The lowest BCUT2D eigenvalue weighted by Gasteiger charge is -2.12. The zero-order valence-corrected chi connectivity index (χ0v) is 20.7. The molecule has 0 bridgehead atoms. The number of aromatic amines is 1.